The molecule has 0 spiro atoms. The van der Waals surface area contributed by atoms with Gasteiger partial charge in [-0.05, 0) is 51.2 Å². The first-order valence-corrected chi connectivity index (χ1v) is 13.1. The zero-order chi connectivity index (χ0) is 22.7. The minimum Gasteiger partial charge on any atom is -0.355 e. The summed E-state index contributed by atoms with van der Waals surface area (Å²) in [6.45, 7) is 5.99. The maximum absolute atomic E-state index is 13.1. The predicted molar refractivity (Wildman–Crippen MR) is 122 cm³/mol. The summed E-state index contributed by atoms with van der Waals surface area (Å²) >= 11 is 0. The van der Waals surface area contributed by atoms with E-state index in [-0.39, 0.29) is 11.8 Å². The van der Waals surface area contributed by atoms with Crippen LogP contribution in [0.4, 0.5) is 0 Å². The fourth-order valence-corrected chi connectivity index (χ4v) is 6.43. The summed E-state index contributed by atoms with van der Waals surface area (Å²) in [5, 5.41) is 11.7. The molecular weight excluding hydrogens is 426 g/mol. The van der Waals surface area contributed by atoms with Crippen molar-refractivity contribution in [2.75, 3.05) is 19.6 Å². The molecule has 0 bridgehead atoms. The average Bonchev–Trinajstić information content (AvgIpc) is 2.99. The Balaban J connectivity index is 1.28. The van der Waals surface area contributed by atoms with Crippen molar-refractivity contribution in [3.8, 4) is 0 Å². The van der Waals surface area contributed by atoms with E-state index in [4.69, 9.17) is 0 Å². The van der Waals surface area contributed by atoms with Gasteiger partial charge in [-0.1, -0.05) is 24.1 Å². The van der Waals surface area contributed by atoms with Gasteiger partial charge < -0.3 is 9.88 Å². The maximum atomic E-state index is 13.1. The molecule has 0 unspecified atom stereocenters. The number of benzene rings is 1. The minimum absolute atomic E-state index is 0.00386. The average molecular weight is 460 g/mol. The number of rotatable bonds is 6. The summed E-state index contributed by atoms with van der Waals surface area (Å²) in [6, 6.07) is 5.40. The molecule has 9 heteroatoms. The van der Waals surface area contributed by atoms with E-state index < -0.39 is 10.0 Å². The third-order valence-electron chi connectivity index (χ3n) is 6.61. The first kappa shape index (κ1) is 22.9. The number of carbonyl (C=O) groups excluding carboxylic acids is 1. The fourth-order valence-electron chi connectivity index (χ4n) is 4.76. The van der Waals surface area contributed by atoms with Crippen LogP contribution in [-0.2, 0) is 34.2 Å². The Bertz CT molecular complexity index is 1070. The number of sulfonamides is 1. The van der Waals surface area contributed by atoms with Crippen LogP contribution in [0.3, 0.4) is 0 Å². The van der Waals surface area contributed by atoms with Gasteiger partial charge in [0.2, 0.25) is 15.9 Å². The summed E-state index contributed by atoms with van der Waals surface area (Å²) < 4.78 is 29.8. The lowest BCUT2D eigenvalue weighted by Gasteiger charge is -2.31. The molecular formula is C23H33N5O3S. The predicted octanol–water partition coefficient (Wildman–Crippen LogP) is 2.38. The summed E-state index contributed by atoms with van der Waals surface area (Å²) in [6.07, 6.45) is 6.24. The number of hydrogen-bond donors (Lipinski definition) is 1. The molecule has 1 N–H and O–H groups in total. The highest BCUT2D eigenvalue weighted by atomic mass is 32.2. The van der Waals surface area contributed by atoms with Crippen LogP contribution in [0, 0.1) is 19.8 Å². The maximum Gasteiger partial charge on any atom is 0.243 e. The molecule has 8 nitrogen and oxygen atoms in total. The van der Waals surface area contributed by atoms with Crippen LogP contribution >= 0.6 is 0 Å². The lowest BCUT2D eigenvalue weighted by molar-refractivity contribution is -0.126. The lowest BCUT2D eigenvalue weighted by atomic mass is 9.97. The standard InChI is InChI=1S/C23H33N5O3S/c1-17-7-8-20(18(2)16-17)32(30,31)27-14-10-19(11-15-27)23(29)24-12-9-22-26-25-21-6-4-3-5-13-28(21)22/h7-8,16,19H,3-6,9-15H2,1-2H3,(H,24,29). The molecule has 1 aromatic heterocycles. The van der Waals surface area contributed by atoms with E-state index >= 15 is 0 Å². The number of nitrogens with zero attached hydrogens (tertiary/aromatic N) is 4. The second-order valence-corrected chi connectivity index (χ2v) is 10.9. The summed E-state index contributed by atoms with van der Waals surface area (Å²) in [5.74, 6) is 1.85. The van der Waals surface area contributed by atoms with Gasteiger partial charge >= 0.3 is 0 Å². The van der Waals surface area contributed by atoms with E-state index in [0.29, 0.717) is 43.8 Å². The Morgan fingerprint density at radius 2 is 1.88 bits per heavy atom. The molecule has 2 aromatic rings. The fraction of sp³-hybridized carbons (Fsp3) is 0.609. The van der Waals surface area contributed by atoms with E-state index in [2.05, 4.69) is 20.1 Å². The van der Waals surface area contributed by atoms with Crippen LogP contribution in [-0.4, -0.2) is 53.0 Å². The molecule has 2 aliphatic heterocycles. The highest BCUT2D eigenvalue weighted by Crippen LogP contribution is 2.26. The first-order valence-electron chi connectivity index (χ1n) is 11.6. The van der Waals surface area contributed by atoms with E-state index in [9.17, 15) is 13.2 Å². The third kappa shape index (κ3) is 4.88. The van der Waals surface area contributed by atoms with E-state index in [1.54, 1.807) is 6.07 Å². The number of aromatic nitrogens is 3. The molecule has 1 saturated heterocycles. The molecule has 1 amide bonds. The number of fused-ring (bicyclic) bond motifs is 1. The molecule has 0 saturated carbocycles. The van der Waals surface area contributed by atoms with Crippen molar-refractivity contribution in [3.63, 3.8) is 0 Å². The molecule has 1 fully saturated rings. The quantitative estimate of drug-likeness (QED) is 0.715. The van der Waals surface area contributed by atoms with Gasteiger partial charge in [-0.25, -0.2) is 8.42 Å². The van der Waals surface area contributed by atoms with E-state index in [1.165, 1.54) is 10.7 Å². The van der Waals surface area contributed by atoms with Crippen molar-refractivity contribution in [1.29, 1.82) is 0 Å². The molecule has 0 radical (unpaired) electrons. The van der Waals surface area contributed by atoms with E-state index in [1.807, 2.05) is 26.0 Å². The van der Waals surface area contributed by atoms with Crippen molar-refractivity contribution in [3.05, 3.63) is 41.0 Å². The zero-order valence-corrected chi connectivity index (χ0v) is 19.8. The van der Waals surface area contributed by atoms with Crippen molar-refractivity contribution in [2.24, 2.45) is 5.92 Å². The number of hydrogen-bond acceptors (Lipinski definition) is 5. The van der Waals surface area contributed by atoms with Crippen LogP contribution < -0.4 is 5.32 Å². The van der Waals surface area contributed by atoms with Gasteiger partial charge in [0.1, 0.15) is 11.6 Å². The second kappa shape index (κ2) is 9.70. The topological polar surface area (TPSA) is 97.2 Å². The number of carbonyl (C=O) groups is 1. The van der Waals surface area contributed by atoms with Gasteiger partial charge in [-0.3, -0.25) is 4.79 Å². The Kier molecular flexibility index (Phi) is 6.95. The van der Waals surface area contributed by atoms with Crippen molar-refractivity contribution < 1.29 is 13.2 Å². The highest BCUT2D eigenvalue weighted by Gasteiger charge is 2.32. The summed E-state index contributed by atoms with van der Waals surface area (Å²) in [4.78, 5) is 13.0. The molecule has 0 atom stereocenters. The molecule has 3 heterocycles. The smallest absolute Gasteiger partial charge is 0.243 e. The second-order valence-electron chi connectivity index (χ2n) is 8.98. The summed E-state index contributed by atoms with van der Waals surface area (Å²) in [7, 11) is -3.53. The Labute approximate surface area is 190 Å². The van der Waals surface area contributed by atoms with Crippen LogP contribution in [0.15, 0.2) is 23.1 Å². The van der Waals surface area contributed by atoms with Gasteiger partial charge in [0.15, 0.2) is 0 Å². The van der Waals surface area contributed by atoms with E-state index in [0.717, 1.165) is 48.6 Å². The molecule has 2 aliphatic rings. The Morgan fingerprint density at radius 3 is 2.62 bits per heavy atom. The van der Waals surface area contributed by atoms with Crippen LogP contribution in [0.1, 0.15) is 54.9 Å². The van der Waals surface area contributed by atoms with Crippen LogP contribution in [0.2, 0.25) is 0 Å². The lowest BCUT2D eigenvalue weighted by Crippen LogP contribution is -2.43. The minimum atomic E-state index is -3.53. The summed E-state index contributed by atoms with van der Waals surface area (Å²) in [5.41, 5.74) is 1.80. The van der Waals surface area contributed by atoms with Crippen molar-refractivity contribution >= 4 is 15.9 Å². The van der Waals surface area contributed by atoms with Crippen LogP contribution in [0.5, 0.6) is 0 Å². The number of aryl methyl sites for hydroxylation is 3. The van der Waals surface area contributed by atoms with Gasteiger partial charge in [-0.15, -0.1) is 10.2 Å². The third-order valence-corrected chi connectivity index (χ3v) is 8.67. The van der Waals surface area contributed by atoms with Gasteiger partial charge in [0.05, 0.1) is 4.90 Å². The number of piperidine rings is 1. The van der Waals surface area contributed by atoms with Crippen molar-refractivity contribution in [1.82, 2.24) is 24.4 Å². The first-order chi connectivity index (χ1) is 15.4. The Hall–Kier alpha value is -2.26. The van der Waals surface area contributed by atoms with Crippen molar-refractivity contribution in [2.45, 2.75) is 70.2 Å². The SMILES string of the molecule is Cc1ccc(S(=O)(=O)N2CCC(C(=O)NCCc3nnc4n3CCCCC4)CC2)c(C)c1. The molecule has 4 rings (SSSR count). The highest BCUT2D eigenvalue weighted by molar-refractivity contribution is 7.89. The number of amides is 1. The molecule has 174 valence electrons. The van der Waals surface area contributed by atoms with Crippen LogP contribution in [0.25, 0.3) is 0 Å². The monoisotopic (exact) mass is 459 g/mol. The van der Waals surface area contributed by atoms with Gasteiger partial charge in [0.25, 0.3) is 0 Å². The molecule has 32 heavy (non-hydrogen) atoms. The largest absolute Gasteiger partial charge is 0.355 e. The Morgan fingerprint density at radius 1 is 1.09 bits per heavy atom. The molecule has 0 aliphatic carbocycles. The zero-order valence-electron chi connectivity index (χ0n) is 19.0. The molecule has 1 aromatic carbocycles. The number of nitrogens with one attached hydrogen (secondary N) is 1. The van der Waals surface area contributed by atoms with Gasteiger partial charge in [0, 0.05) is 44.9 Å². The normalized spacial score (nSPS) is 18.2. The van der Waals surface area contributed by atoms with Gasteiger partial charge in [-0.2, -0.15) is 4.31 Å².